The molecule has 0 aliphatic rings. The van der Waals surface area contributed by atoms with Crippen molar-refractivity contribution in [1.82, 2.24) is 5.43 Å². The molecular weight excluding hydrogens is 354 g/mol. The van der Waals surface area contributed by atoms with Gasteiger partial charge in [-0.2, -0.15) is 5.10 Å². The van der Waals surface area contributed by atoms with E-state index in [1.807, 2.05) is 60.7 Å². The van der Waals surface area contributed by atoms with Gasteiger partial charge in [0.25, 0.3) is 11.8 Å². The summed E-state index contributed by atoms with van der Waals surface area (Å²) in [5.41, 5.74) is 10.4. The number of carbonyl (C=O) groups is 2. The Morgan fingerprint density at radius 1 is 0.821 bits per heavy atom. The van der Waals surface area contributed by atoms with Crippen LogP contribution in [-0.4, -0.2) is 24.1 Å². The van der Waals surface area contributed by atoms with Crippen molar-refractivity contribution in [3.05, 3.63) is 102 Å². The van der Waals surface area contributed by atoms with Gasteiger partial charge >= 0.3 is 0 Å². The second-order valence-electron chi connectivity index (χ2n) is 5.88. The Morgan fingerprint density at radius 2 is 1.36 bits per heavy atom. The van der Waals surface area contributed by atoms with E-state index in [9.17, 15) is 9.59 Å². The zero-order chi connectivity index (χ0) is 19.8. The van der Waals surface area contributed by atoms with Crippen molar-refractivity contribution in [2.24, 2.45) is 10.8 Å². The van der Waals surface area contributed by atoms with Gasteiger partial charge < -0.3 is 10.5 Å². The lowest BCUT2D eigenvalue weighted by atomic mass is 10.0. The molecule has 0 saturated heterocycles. The first-order valence-corrected chi connectivity index (χ1v) is 8.64. The lowest BCUT2D eigenvalue weighted by molar-refractivity contribution is -0.123. The van der Waals surface area contributed by atoms with Crippen LogP contribution in [0.15, 0.2) is 90.0 Å². The van der Waals surface area contributed by atoms with E-state index in [0.29, 0.717) is 5.71 Å². The van der Waals surface area contributed by atoms with Crippen molar-refractivity contribution in [3.63, 3.8) is 0 Å². The molecule has 3 N–H and O–H groups in total. The molecule has 6 heteroatoms. The predicted octanol–water partition coefficient (Wildman–Crippen LogP) is 2.73. The van der Waals surface area contributed by atoms with Gasteiger partial charge in [-0.3, -0.25) is 9.59 Å². The van der Waals surface area contributed by atoms with Crippen molar-refractivity contribution >= 4 is 17.5 Å². The average Bonchev–Trinajstić information content (AvgIpc) is 2.74. The Morgan fingerprint density at radius 3 is 1.93 bits per heavy atom. The van der Waals surface area contributed by atoms with E-state index in [2.05, 4.69) is 10.5 Å². The molecular formula is C22H19N3O3. The second-order valence-corrected chi connectivity index (χ2v) is 5.88. The lowest BCUT2D eigenvalue weighted by Crippen LogP contribution is -2.27. The summed E-state index contributed by atoms with van der Waals surface area (Å²) in [4.78, 5) is 23.6. The fourth-order valence-corrected chi connectivity index (χ4v) is 2.58. The van der Waals surface area contributed by atoms with Crippen LogP contribution in [0.4, 0.5) is 0 Å². The Labute approximate surface area is 162 Å². The molecule has 140 valence electrons. The highest BCUT2D eigenvalue weighted by Crippen LogP contribution is 2.17. The molecule has 0 unspecified atom stereocenters. The van der Waals surface area contributed by atoms with E-state index < -0.39 is 11.8 Å². The lowest BCUT2D eigenvalue weighted by Gasteiger charge is -2.10. The maximum atomic E-state index is 12.2. The topological polar surface area (TPSA) is 93.8 Å². The van der Waals surface area contributed by atoms with Crippen molar-refractivity contribution in [3.8, 4) is 5.75 Å². The van der Waals surface area contributed by atoms with E-state index >= 15 is 0 Å². The molecule has 3 aromatic rings. The number of para-hydroxylation sites is 1. The number of nitrogens with two attached hydrogens (primary N) is 1. The number of carbonyl (C=O) groups excluding carboxylic acids is 2. The molecule has 0 aromatic heterocycles. The van der Waals surface area contributed by atoms with Gasteiger partial charge in [0.15, 0.2) is 6.61 Å². The molecule has 2 amide bonds. The number of nitrogens with one attached hydrogen (secondary N) is 1. The van der Waals surface area contributed by atoms with E-state index in [-0.39, 0.29) is 17.9 Å². The number of primary amides is 1. The number of ether oxygens (including phenoxy) is 1. The van der Waals surface area contributed by atoms with Crippen LogP contribution in [0, 0.1) is 0 Å². The monoisotopic (exact) mass is 373 g/mol. The molecule has 0 saturated carbocycles. The Hall–Kier alpha value is -3.93. The summed E-state index contributed by atoms with van der Waals surface area (Å²) in [5.74, 6) is -0.825. The minimum absolute atomic E-state index is 0.216. The van der Waals surface area contributed by atoms with Crippen LogP contribution in [-0.2, 0) is 4.79 Å². The number of hydrogen-bond donors (Lipinski definition) is 2. The molecule has 0 bridgehead atoms. The van der Waals surface area contributed by atoms with Gasteiger partial charge in [0.1, 0.15) is 5.75 Å². The van der Waals surface area contributed by atoms with Crippen LogP contribution in [0.2, 0.25) is 0 Å². The SMILES string of the molecule is NC(=O)c1ccccc1OCC(=O)NN=C(c1ccccc1)c1ccccc1. The van der Waals surface area contributed by atoms with Gasteiger partial charge in [0.2, 0.25) is 0 Å². The number of hydrazone groups is 1. The molecule has 0 aliphatic heterocycles. The summed E-state index contributed by atoms with van der Waals surface area (Å²) in [6.45, 7) is -0.301. The van der Waals surface area contributed by atoms with Gasteiger partial charge in [0.05, 0.1) is 11.3 Å². The van der Waals surface area contributed by atoms with Gasteiger partial charge in [-0.05, 0) is 12.1 Å². The molecule has 3 rings (SSSR count). The Bertz CT molecular complexity index is 945. The largest absolute Gasteiger partial charge is 0.483 e. The Kier molecular flexibility index (Phi) is 6.15. The third-order valence-electron chi connectivity index (χ3n) is 3.90. The van der Waals surface area contributed by atoms with E-state index in [0.717, 1.165) is 11.1 Å². The first-order chi connectivity index (χ1) is 13.6. The zero-order valence-corrected chi connectivity index (χ0v) is 15.0. The van der Waals surface area contributed by atoms with Crippen molar-refractivity contribution < 1.29 is 14.3 Å². The highest BCUT2D eigenvalue weighted by molar-refractivity contribution is 6.13. The minimum Gasteiger partial charge on any atom is -0.483 e. The summed E-state index contributed by atoms with van der Waals surface area (Å²) in [5, 5.41) is 4.28. The molecule has 0 heterocycles. The summed E-state index contributed by atoms with van der Waals surface area (Å²) in [7, 11) is 0. The van der Waals surface area contributed by atoms with Crippen molar-refractivity contribution in [1.29, 1.82) is 0 Å². The number of rotatable bonds is 7. The standard InChI is InChI=1S/C22H19N3O3/c23-22(27)18-13-7-8-14-19(18)28-15-20(26)24-25-21(16-9-3-1-4-10-16)17-11-5-2-6-12-17/h1-14H,15H2,(H2,23,27)(H,24,26). The quantitative estimate of drug-likeness (QED) is 0.492. The number of nitrogens with zero attached hydrogens (tertiary/aromatic N) is 1. The van der Waals surface area contributed by atoms with Gasteiger partial charge in [-0.25, -0.2) is 5.43 Å². The van der Waals surface area contributed by atoms with Crippen LogP contribution < -0.4 is 15.9 Å². The maximum Gasteiger partial charge on any atom is 0.277 e. The van der Waals surface area contributed by atoms with E-state index in [1.54, 1.807) is 18.2 Å². The molecule has 0 aliphatic carbocycles. The smallest absolute Gasteiger partial charge is 0.277 e. The molecule has 0 fully saturated rings. The Balaban J connectivity index is 1.73. The fourth-order valence-electron chi connectivity index (χ4n) is 2.58. The first kappa shape index (κ1) is 18.8. The summed E-state index contributed by atoms with van der Waals surface area (Å²) < 4.78 is 5.42. The van der Waals surface area contributed by atoms with Crippen LogP contribution in [0.25, 0.3) is 0 Å². The van der Waals surface area contributed by atoms with Gasteiger partial charge in [0, 0.05) is 11.1 Å². The number of amides is 2. The van der Waals surface area contributed by atoms with Crippen molar-refractivity contribution in [2.75, 3.05) is 6.61 Å². The highest BCUT2D eigenvalue weighted by atomic mass is 16.5. The van der Waals surface area contributed by atoms with E-state index in [4.69, 9.17) is 10.5 Å². The third-order valence-corrected chi connectivity index (χ3v) is 3.90. The van der Waals surface area contributed by atoms with Gasteiger partial charge in [-0.1, -0.05) is 72.8 Å². The molecule has 3 aromatic carbocycles. The van der Waals surface area contributed by atoms with Crippen LogP contribution in [0.1, 0.15) is 21.5 Å². The number of hydrogen-bond acceptors (Lipinski definition) is 4. The maximum absolute atomic E-state index is 12.2. The third kappa shape index (κ3) is 4.82. The molecule has 0 radical (unpaired) electrons. The van der Waals surface area contributed by atoms with Crippen LogP contribution in [0.3, 0.4) is 0 Å². The van der Waals surface area contributed by atoms with Crippen LogP contribution >= 0.6 is 0 Å². The van der Waals surface area contributed by atoms with Crippen molar-refractivity contribution in [2.45, 2.75) is 0 Å². The summed E-state index contributed by atoms with van der Waals surface area (Å²) in [6.07, 6.45) is 0. The number of benzene rings is 3. The minimum atomic E-state index is -0.621. The summed E-state index contributed by atoms with van der Waals surface area (Å²) in [6, 6.07) is 25.6. The predicted molar refractivity (Wildman–Crippen MR) is 107 cm³/mol. The second kappa shape index (κ2) is 9.14. The average molecular weight is 373 g/mol. The molecule has 6 nitrogen and oxygen atoms in total. The van der Waals surface area contributed by atoms with E-state index in [1.165, 1.54) is 6.07 Å². The normalized spacial score (nSPS) is 10.0. The van der Waals surface area contributed by atoms with Gasteiger partial charge in [-0.15, -0.1) is 0 Å². The molecule has 28 heavy (non-hydrogen) atoms. The summed E-state index contributed by atoms with van der Waals surface area (Å²) >= 11 is 0. The first-order valence-electron chi connectivity index (χ1n) is 8.64. The van der Waals surface area contributed by atoms with Crippen LogP contribution in [0.5, 0.6) is 5.75 Å². The molecule has 0 spiro atoms. The zero-order valence-electron chi connectivity index (χ0n) is 15.0. The fraction of sp³-hybridized carbons (Fsp3) is 0.0455. The molecule has 0 atom stereocenters. The highest BCUT2D eigenvalue weighted by Gasteiger charge is 2.11.